The molecular formula is C21H25FN2O2. The number of rotatable bonds is 6. The molecule has 4 nitrogen and oxygen atoms in total. The molecule has 1 fully saturated rings. The molecule has 2 aromatic rings. The van der Waals surface area contributed by atoms with Gasteiger partial charge in [-0.3, -0.25) is 9.69 Å². The number of phenolic OH excluding ortho intramolecular Hbond substituents is 1. The normalized spacial score (nSPS) is 16.2. The molecule has 1 atom stereocenters. The largest absolute Gasteiger partial charge is 0.508 e. The third kappa shape index (κ3) is 4.82. The number of hydrogen-bond donors (Lipinski definition) is 2. The first-order chi connectivity index (χ1) is 12.6. The summed E-state index contributed by atoms with van der Waals surface area (Å²) in [5.41, 5.74) is 1.88. The molecule has 0 bridgehead atoms. The van der Waals surface area contributed by atoms with Gasteiger partial charge in [0.1, 0.15) is 17.6 Å². The van der Waals surface area contributed by atoms with E-state index in [1.165, 1.54) is 18.6 Å². The number of likely N-dealkylation sites (tertiary alicyclic amines) is 1. The van der Waals surface area contributed by atoms with E-state index in [2.05, 4.69) is 10.2 Å². The van der Waals surface area contributed by atoms with E-state index >= 15 is 0 Å². The molecule has 2 N–H and O–H groups in total. The molecule has 1 aliphatic heterocycles. The topological polar surface area (TPSA) is 52.6 Å². The molecule has 1 aliphatic rings. The molecule has 0 radical (unpaired) electrons. The van der Waals surface area contributed by atoms with Crippen LogP contribution in [-0.2, 0) is 11.2 Å². The highest BCUT2D eigenvalue weighted by Gasteiger charge is 2.28. The maximum Gasteiger partial charge on any atom is 0.241 e. The fourth-order valence-corrected chi connectivity index (χ4v) is 3.44. The second-order valence-electron chi connectivity index (χ2n) is 6.76. The average Bonchev–Trinajstić information content (AvgIpc) is 2.66. The van der Waals surface area contributed by atoms with Crippen molar-refractivity contribution in [3.8, 4) is 5.75 Å². The predicted octanol–water partition coefficient (Wildman–Crippen LogP) is 3.42. The Morgan fingerprint density at radius 1 is 1.04 bits per heavy atom. The first-order valence-electron chi connectivity index (χ1n) is 9.18. The van der Waals surface area contributed by atoms with Gasteiger partial charge in [-0.1, -0.05) is 30.7 Å². The molecule has 1 saturated heterocycles. The lowest BCUT2D eigenvalue weighted by atomic mass is 10.0. The van der Waals surface area contributed by atoms with Gasteiger partial charge in [0.15, 0.2) is 0 Å². The minimum Gasteiger partial charge on any atom is -0.508 e. The van der Waals surface area contributed by atoms with E-state index in [9.17, 15) is 14.3 Å². The van der Waals surface area contributed by atoms with Gasteiger partial charge < -0.3 is 10.4 Å². The van der Waals surface area contributed by atoms with E-state index in [4.69, 9.17) is 0 Å². The maximum absolute atomic E-state index is 13.3. The summed E-state index contributed by atoms with van der Waals surface area (Å²) in [5.74, 6) is -0.101. The number of benzene rings is 2. The number of aromatic hydroxyl groups is 1. The SMILES string of the molecule is O=C(NCCc1ccc(O)cc1)C(c1ccc(F)cc1)N1CCCCC1. The highest BCUT2D eigenvalue weighted by atomic mass is 19.1. The Morgan fingerprint density at radius 3 is 2.35 bits per heavy atom. The Kier molecular flexibility index (Phi) is 6.23. The molecule has 0 spiro atoms. The van der Waals surface area contributed by atoms with Crippen LogP contribution < -0.4 is 5.32 Å². The third-order valence-corrected chi connectivity index (χ3v) is 4.84. The van der Waals surface area contributed by atoms with Crippen LogP contribution in [0.5, 0.6) is 5.75 Å². The second-order valence-corrected chi connectivity index (χ2v) is 6.76. The number of nitrogens with zero attached hydrogens (tertiary/aromatic N) is 1. The van der Waals surface area contributed by atoms with Gasteiger partial charge in [0, 0.05) is 6.54 Å². The Morgan fingerprint density at radius 2 is 1.69 bits per heavy atom. The first kappa shape index (κ1) is 18.4. The van der Waals surface area contributed by atoms with Crippen LogP contribution in [0.3, 0.4) is 0 Å². The number of nitrogens with one attached hydrogen (secondary N) is 1. The van der Waals surface area contributed by atoms with Crippen LogP contribution in [0, 0.1) is 5.82 Å². The molecule has 2 aromatic carbocycles. The summed E-state index contributed by atoms with van der Waals surface area (Å²) >= 11 is 0. The zero-order valence-corrected chi connectivity index (χ0v) is 14.8. The Labute approximate surface area is 153 Å². The minimum atomic E-state index is -0.379. The number of carbonyl (C=O) groups is 1. The van der Waals surface area contributed by atoms with Gasteiger partial charge in [-0.25, -0.2) is 4.39 Å². The zero-order chi connectivity index (χ0) is 18.4. The maximum atomic E-state index is 13.3. The summed E-state index contributed by atoms with van der Waals surface area (Å²) in [5, 5.41) is 12.4. The lowest BCUT2D eigenvalue weighted by Gasteiger charge is -2.34. The van der Waals surface area contributed by atoms with Gasteiger partial charge in [0.2, 0.25) is 5.91 Å². The van der Waals surface area contributed by atoms with Crippen molar-refractivity contribution < 1.29 is 14.3 Å². The molecule has 0 aliphatic carbocycles. The van der Waals surface area contributed by atoms with E-state index in [0.29, 0.717) is 13.0 Å². The summed E-state index contributed by atoms with van der Waals surface area (Å²) < 4.78 is 13.3. The van der Waals surface area contributed by atoms with E-state index in [0.717, 1.165) is 37.1 Å². The van der Waals surface area contributed by atoms with Gasteiger partial charge in [-0.2, -0.15) is 0 Å². The quantitative estimate of drug-likeness (QED) is 0.834. The molecule has 1 unspecified atom stereocenters. The second kappa shape index (κ2) is 8.81. The lowest BCUT2D eigenvalue weighted by Crippen LogP contribution is -2.43. The van der Waals surface area contributed by atoms with Gasteiger partial charge in [-0.15, -0.1) is 0 Å². The fraction of sp³-hybridized carbons (Fsp3) is 0.381. The molecule has 1 amide bonds. The molecule has 0 saturated carbocycles. The fourth-order valence-electron chi connectivity index (χ4n) is 3.44. The summed E-state index contributed by atoms with van der Waals surface area (Å²) in [6.45, 7) is 2.29. The summed E-state index contributed by atoms with van der Waals surface area (Å²) in [6.07, 6.45) is 4.05. The molecule has 0 aromatic heterocycles. The predicted molar refractivity (Wildman–Crippen MR) is 99.4 cm³/mol. The number of halogens is 1. The third-order valence-electron chi connectivity index (χ3n) is 4.84. The number of hydrogen-bond acceptors (Lipinski definition) is 3. The van der Waals surface area contributed by atoms with Crippen LogP contribution in [0.4, 0.5) is 4.39 Å². The molecular weight excluding hydrogens is 331 g/mol. The Bertz CT molecular complexity index is 710. The molecule has 138 valence electrons. The van der Waals surface area contributed by atoms with Crippen molar-refractivity contribution in [1.29, 1.82) is 0 Å². The van der Waals surface area contributed by atoms with Crippen LogP contribution in [0.2, 0.25) is 0 Å². The van der Waals surface area contributed by atoms with E-state index in [-0.39, 0.29) is 23.5 Å². The Balaban J connectivity index is 1.65. The van der Waals surface area contributed by atoms with Crippen molar-refractivity contribution in [3.63, 3.8) is 0 Å². The summed E-state index contributed by atoms with van der Waals surface area (Å²) in [6, 6.07) is 12.8. The van der Waals surface area contributed by atoms with Crippen LogP contribution >= 0.6 is 0 Å². The van der Waals surface area contributed by atoms with Crippen molar-refractivity contribution in [2.75, 3.05) is 19.6 Å². The Hall–Kier alpha value is -2.40. The van der Waals surface area contributed by atoms with Gasteiger partial charge in [0.25, 0.3) is 0 Å². The standard InChI is InChI=1S/C21H25FN2O2/c22-18-8-6-17(7-9-18)20(24-14-2-1-3-15-24)21(26)23-13-12-16-4-10-19(25)11-5-16/h4-11,20,25H,1-3,12-15H2,(H,23,26). The molecule has 3 rings (SSSR count). The summed E-state index contributed by atoms with van der Waals surface area (Å²) in [7, 11) is 0. The van der Waals surface area contributed by atoms with Crippen LogP contribution in [0.1, 0.15) is 36.4 Å². The van der Waals surface area contributed by atoms with E-state index in [1.807, 2.05) is 12.1 Å². The highest BCUT2D eigenvalue weighted by molar-refractivity contribution is 5.83. The smallest absolute Gasteiger partial charge is 0.241 e. The molecule has 26 heavy (non-hydrogen) atoms. The van der Waals surface area contributed by atoms with Crippen LogP contribution in [-0.4, -0.2) is 35.5 Å². The van der Waals surface area contributed by atoms with Crippen LogP contribution in [0.15, 0.2) is 48.5 Å². The van der Waals surface area contributed by atoms with Crippen molar-refractivity contribution >= 4 is 5.91 Å². The first-order valence-corrected chi connectivity index (χ1v) is 9.18. The van der Waals surface area contributed by atoms with E-state index in [1.54, 1.807) is 24.3 Å². The van der Waals surface area contributed by atoms with Crippen molar-refractivity contribution in [2.24, 2.45) is 0 Å². The molecule has 5 heteroatoms. The number of amides is 1. The number of carbonyl (C=O) groups excluding carboxylic acids is 1. The van der Waals surface area contributed by atoms with Crippen LogP contribution in [0.25, 0.3) is 0 Å². The number of phenols is 1. The molecule has 1 heterocycles. The average molecular weight is 356 g/mol. The lowest BCUT2D eigenvalue weighted by molar-refractivity contribution is -0.127. The highest BCUT2D eigenvalue weighted by Crippen LogP contribution is 2.25. The van der Waals surface area contributed by atoms with Gasteiger partial charge in [0.05, 0.1) is 0 Å². The van der Waals surface area contributed by atoms with Crippen molar-refractivity contribution in [2.45, 2.75) is 31.7 Å². The van der Waals surface area contributed by atoms with Gasteiger partial charge >= 0.3 is 0 Å². The monoisotopic (exact) mass is 356 g/mol. The number of piperidine rings is 1. The summed E-state index contributed by atoms with van der Waals surface area (Å²) in [4.78, 5) is 15.1. The van der Waals surface area contributed by atoms with Crippen molar-refractivity contribution in [3.05, 3.63) is 65.5 Å². The minimum absolute atomic E-state index is 0.0442. The van der Waals surface area contributed by atoms with Gasteiger partial charge in [-0.05, 0) is 67.7 Å². The van der Waals surface area contributed by atoms with Crippen molar-refractivity contribution in [1.82, 2.24) is 10.2 Å². The van der Waals surface area contributed by atoms with E-state index < -0.39 is 0 Å². The zero-order valence-electron chi connectivity index (χ0n) is 14.8.